The molecule has 2 heterocycles. The highest BCUT2D eigenvalue weighted by Crippen LogP contribution is 2.38. The summed E-state index contributed by atoms with van der Waals surface area (Å²) in [6.45, 7) is 5.84. The summed E-state index contributed by atoms with van der Waals surface area (Å²) >= 11 is 16.3. The number of halogens is 3. The van der Waals surface area contributed by atoms with Crippen molar-refractivity contribution in [1.82, 2.24) is 14.7 Å². The maximum Gasteiger partial charge on any atom is 0.253 e. The molecule has 0 saturated carbocycles. The lowest BCUT2D eigenvalue weighted by Gasteiger charge is -2.20. The molecular formula is C24H20BrCl2N3O. The molecule has 2 aromatic heterocycles. The van der Waals surface area contributed by atoms with E-state index in [1.165, 1.54) is 0 Å². The molecule has 31 heavy (non-hydrogen) atoms. The smallest absolute Gasteiger partial charge is 0.253 e. The molecule has 0 atom stereocenters. The van der Waals surface area contributed by atoms with Gasteiger partial charge in [-0.1, -0.05) is 53.5 Å². The van der Waals surface area contributed by atoms with Crippen LogP contribution < -0.4 is 5.32 Å². The first-order valence-electron chi connectivity index (χ1n) is 9.69. The van der Waals surface area contributed by atoms with Crippen LogP contribution in [0.2, 0.25) is 10.0 Å². The number of hydrogen-bond acceptors (Lipinski definition) is 2. The van der Waals surface area contributed by atoms with Crippen LogP contribution in [0.5, 0.6) is 0 Å². The molecule has 0 spiro atoms. The van der Waals surface area contributed by atoms with Crippen LogP contribution in [0.15, 0.2) is 65.3 Å². The number of aromatic nitrogens is 2. The van der Waals surface area contributed by atoms with Gasteiger partial charge in [0.25, 0.3) is 5.91 Å². The van der Waals surface area contributed by atoms with Crippen LogP contribution in [0.1, 0.15) is 31.1 Å². The van der Waals surface area contributed by atoms with Crippen LogP contribution in [0.4, 0.5) is 0 Å². The fourth-order valence-corrected chi connectivity index (χ4v) is 4.24. The molecule has 0 radical (unpaired) electrons. The third kappa shape index (κ3) is 4.49. The molecule has 0 aliphatic heterocycles. The van der Waals surface area contributed by atoms with Gasteiger partial charge in [0.15, 0.2) is 5.65 Å². The number of benzene rings is 2. The Balaban J connectivity index is 2.01. The van der Waals surface area contributed by atoms with Gasteiger partial charge < -0.3 is 5.32 Å². The minimum Gasteiger partial charge on any atom is -0.347 e. The Bertz CT molecular complexity index is 1290. The topological polar surface area (TPSA) is 46.4 Å². The highest BCUT2D eigenvalue weighted by atomic mass is 79.9. The molecular weight excluding hydrogens is 497 g/mol. The number of pyridine rings is 1. The van der Waals surface area contributed by atoms with Gasteiger partial charge in [0.05, 0.1) is 21.4 Å². The maximum absolute atomic E-state index is 12.9. The predicted octanol–water partition coefficient (Wildman–Crippen LogP) is 7.27. The molecule has 0 bridgehead atoms. The van der Waals surface area contributed by atoms with E-state index in [0.717, 1.165) is 22.5 Å². The molecule has 4 nitrogen and oxygen atoms in total. The van der Waals surface area contributed by atoms with E-state index in [0.29, 0.717) is 25.7 Å². The van der Waals surface area contributed by atoms with E-state index in [-0.39, 0.29) is 11.4 Å². The number of hydrogen-bond donors (Lipinski definition) is 1. The Morgan fingerprint density at radius 2 is 1.74 bits per heavy atom. The highest BCUT2D eigenvalue weighted by Gasteiger charge is 2.22. The van der Waals surface area contributed by atoms with Crippen molar-refractivity contribution >= 4 is 50.7 Å². The largest absolute Gasteiger partial charge is 0.347 e. The fourth-order valence-electron chi connectivity index (χ4n) is 3.36. The Morgan fingerprint density at radius 1 is 1.06 bits per heavy atom. The summed E-state index contributed by atoms with van der Waals surface area (Å²) < 4.78 is 2.62. The standard InChI is InChI=1S/C24H20BrCl2N3O/c1-24(2,3)29-23(31)15-12-18(25)22-28-20(14-8-10-16(26)11-9-14)21(30(22)13-15)17-6-4-5-7-19(17)27/h4-13H,1-3H3,(H,29,31). The summed E-state index contributed by atoms with van der Waals surface area (Å²) in [6, 6.07) is 16.9. The highest BCUT2D eigenvalue weighted by molar-refractivity contribution is 9.10. The van der Waals surface area contributed by atoms with Crippen molar-refractivity contribution in [1.29, 1.82) is 0 Å². The monoisotopic (exact) mass is 515 g/mol. The molecule has 0 saturated heterocycles. The van der Waals surface area contributed by atoms with E-state index in [4.69, 9.17) is 28.2 Å². The summed E-state index contributed by atoms with van der Waals surface area (Å²) in [5, 5.41) is 4.25. The van der Waals surface area contributed by atoms with E-state index in [1.54, 1.807) is 12.3 Å². The zero-order chi connectivity index (χ0) is 22.3. The number of carbonyl (C=O) groups is 1. The fraction of sp³-hybridized carbons (Fsp3) is 0.167. The Labute approximate surface area is 199 Å². The van der Waals surface area contributed by atoms with Crippen LogP contribution in [-0.4, -0.2) is 20.8 Å². The number of carbonyl (C=O) groups excluding carboxylic acids is 1. The van der Waals surface area contributed by atoms with Crippen molar-refractivity contribution in [2.75, 3.05) is 0 Å². The van der Waals surface area contributed by atoms with Gasteiger partial charge in [-0.05, 0) is 61.0 Å². The van der Waals surface area contributed by atoms with Gasteiger partial charge >= 0.3 is 0 Å². The average Bonchev–Trinajstić information content (AvgIpc) is 3.07. The van der Waals surface area contributed by atoms with E-state index in [1.807, 2.05) is 73.7 Å². The number of fused-ring (bicyclic) bond motifs is 1. The second-order valence-electron chi connectivity index (χ2n) is 8.27. The normalized spacial score (nSPS) is 11.7. The molecule has 0 fully saturated rings. The minimum atomic E-state index is -0.354. The number of rotatable bonds is 3. The summed E-state index contributed by atoms with van der Waals surface area (Å²) in [5.74, 6) is -0.165. The number of imidazole rings is 1. The minimum absolute atomic E-state index is 0.165. The zero-order valence-electron chi connectivity index (χ0n) is 17.2. The molecule has 4 aromatic rings. The van der Waals surface area contributed by atoms with Crippen molar-refractivity contribution < 1.29 is 4.79 Å². The number of nitrogens with one attached hydrogen (secondary N) is 1. The molecule has 4 rings (SSSR count). The lowest BCUT2D eigenvalue weighted by molar-refractivity contribution is 0.0919. The van der Waals surface area contributed by atoms with Crippen LogP contribution in [0.25, 0.3) is 28.2 Å². The Morgan fingerprint density at radius 3 is 2.39 bits per heavy atom. The maximum atomic E-state index is 12.9. The van der Waals surface area contributed by atoms with Gasteiger partial charge in [-0.2, -0.15) is 0 Å². The van der Waals surface area contributed by atoms with Crippen molar-refractivity contribution in [3.05, 3.63) is 80.9 Å². The van der Waals surface area contributed by atoms with Crippen molar-refractivity contribution in [3.63, 3.8) is 0 Å². The second kappa shape index (κ2) is 8.30. The Hall–Kier alpha value is -2.34. The average molecular weight is 517 g/mol. The Kier molecular flexibility index (Phi) is 5.86. The predicted molar refractivity (Wildman–Crippen MR) is 131 cm³/mol. The summed E-state index contributed by atoms with van der Waals surface area (Å²) in [5.41, 5.74) is 4.12. The number of nitrogens with zero attached hydrogens (tertiary/aromatic N) is 2. The third-order valence-corrected chi connectivity index (χ3v) is 5.84. The molecule has 1 amide bonds. The van der Waals surface area contributed by atoms with Gasteiger partial charge in [-0.25, -0.2) is 4.98 Å². The molecule has 158 valence electrons. The van der Waals surface area contributed by atoms with E-state index in [9.17, 15) is 4.79 Å². The first-order chi connectivity index (χ1) is 14.6. The van der Waals surface area contributed by atoms with Crippen molar-refractivity contribution in [2.45, 2.75) is 26.3 Å². The van der Waals surface area contributed by atoms with E-state index < -0.39 is 0 Å². The second-order valence-corrected chi connectivity index (χ2v) is 9.97. The summed E-state index contributed by atoms with van der Waals surface area (Å²) in [7, 11) is 0. The van der Waals surface area contributed by atoms with Crippen molar-refractivity contribution in [3.8, 4) is 22.5 Å². The molecule has 1 N–H and O–H groups in total. The third-order valence-electron chi connectivity index (χ3n) is 4.67. The van der Waals surface area contributed by atoms with Crippen LogP contribution in [0, 0.1) is 0 Å². The van der Waals surface area contributed by atoms with Gasteiger partial charge in [-0.15, -0.1) is 0 Å². The van der Waals surface area contributed by atoms with Crippen LogP contribution in [0.3, 0.4) is 0 Å². The van der Waals surface area contributed by atoms with Crippen molar-refractivity contribution in [2.24, 2.45) is 0 Å². The first-order valence-corrected chi connectivity index (χ1v) is 11.2. The quantitative estimate of drug-likeness (QED) is 0.311. The zero-order valence-corrected chi connectivity index (χ0v) is 20.3. The lowest BCUT2D eigenvalue weighted by atomic mass is 10.0. The molecule has 2 aromatic carbocycles. The molecule has 0 unspecified atom stereocenters. The van der Waals surface area contributed by atoms with Gasteiger partial charge in [0.2, 0.25) is 0 Å². The van der Waals surface area contributed by atoms with E-state index in [2.05, 4.69) is 21.2 Å². The molecule has 0 aliphatic rings. The van der Waals surface area contributed by atoms with Gasteiger partial charge in [0.1, 0.15) is 0 Å². The summed E-state index contributed by atoms with van der Waals surface area (Å²) in [4.78, 5) is 17.8. The number of amides is 1. The SMILES string of the molecule is CC(C)(C)NC(=O)c1cc(Br)c2nc(-c3ccc(Cl)cc3)c(-c3ccccc3Cl)n2c1. The first kappa shape index (κ1) is 21.9. The van der Waals surface area contributed by atoms with Gasteiger partial charge in [0, 0.05) is 32.9 Å². The van der Waals surface area contributed by atoms with Crippen LogP contribution >= 0.6 is 39.1 Å². The lowest BCUT2D eigenvalue weighted by Crippen LogP contribution is -2.40. The summed E-state index contributed by atoms with van der Waals surface area (Å²) in [6.07, 6.45) is 1.80. The molecule has 7 heteroatoms. The van der Waals surface area contributed by atoms with E-state index >= 15 is 0 Å². The van der Waals surface area contributed by atoms with Gasteiger partial charge in [-0.3, -0.25) is 9.20 Å². The molecule has 0 aliphatic carbocycles. The van der Waals surface area contributed by atoms with Crippen LogP contribution in [-0.2, 0) is 0 Å².